The van der Waals surface area contributed by atoms with Gasteiger partial charge in [-0.3, -0.25) is 0 Å². The molecule has 0 saturated carbocycles. The molecule has 2 aromatic rings. The van der Waals surface area contributed by atoms with E-state index in [4.69, 9.17) is 9.47 Å². The first-order valence-electron chi connectivity index (χ1n) is 9.32. The first-order valence-corrected chi connectivity index (χ1v) is 10.8. The molecule has 0 aliphatic rings. The molecule has 148 valence electrons. The second-order valence-corrected chi connectivity index (χ2v) is 9.83. The molecule has 0 amide bonds. The van der Waals surface area contributed by atoms with Gasteiger partial charge < -0.3 is 9.47 Å². The standard InChI is InChI=1S/C22H30O4S/c1-7-21(3,4)25-17-9-13-19(14-10-17)27(23,24)20-15-11-18(12-16-20)26-22(5,6)8-2/h9-16H,7-8H2,1-6H3. The molecule has 0 unspecified atom stereocenters. The molecular formula is C22H30O4S. The first kappa shape index (κ1) is 21.3. The minimum Gasteiger partial charge on any atom is -0.488 e. The van der Waals surface area contributed by atoms with Crippen LogP contribution in [0.1, 0.15) is 54.4 Å². The molecule has 0 N–H and O–H groups in total. The molecular weight excluding hydrogens is 360 g/mol. The number of sulfone groups is 1. The summed E-state index contributed by atoms with van der Waals surface area (Å²) in [5.74, 6) is 1.32. The fourth-order valence-electron chi connectivity index (χ4n) is 2.29. The molecule has 0 fully saturated rings. The van der Waals surface area contributed by atoms with E-state index in [2.05, 4.69) is 0 Å². The average Bonchev–Trinajstić information content (AvgIpc) is 2.62. The van der Waals surface area contributed by atoms with Gasteiger partial charge in [0.2, 0.25) is 9.84 Å². The van der Waals surface area contributed by atoms with E-state index in [1.54, 1.807) is 48.5 Å². The van der Waals surface area contributed by atoms with Crippen molar-refractivity contribution in [3.8, 4) is 11.5 Å². The van der Waals surface area contributed by atoms with E-state index in [1.165, 1.54) is 0 Å². The Morgan fingerprint density at radius 2 is 0.963 bits per heavy atom. The van der Waals surface area contributed by atoms with Crippen LogP contribution in [0.4, 0.5) is 0 Å². The molecule has 27 heavy (non-hydrogen) atoms. The fourth-order valence-corrected chi connectivity index (χ4v) is 3.55. The second-order valence-electron chi connectivity index (χ2n) is 7.88. The third kappa shape index (κ3) is 5.48. The number of rotatable bonds is 8. The molecule has 0 aliphatic carbocycles. The van der Waals surface area contributed by atoms with Gasteiger partial charge in [0.1, 0.15) is 22.7 Å². The van der Waals surface area contributed by atoms with Crippen molar-refractivity contribution in [3.05, 3.63) is 48.5 Å². The highest BCUT2D eigenvalue weighted by atomic mass is 32.2. The Morgan fingerprint density at radius 3 is 1.22 bits per heavy atom. The van der Waals surface area contributed by atoms with Crippen LogP contribution in [0.3, 0.4) is 0 Å². The van der Waals surface area contributed by atoms with Crippen molar-refractivity contribution in [1.82, 2.24) is 0 Å². The van der Waals surface area contributed by atoms with Gasteiger partial charge in [-0.25, -0.2) is 8.42 Å². The molecule has 4 nitrogen and oxygen atoms in total. The number of ether oxygens (including phenoxy) is 2. The van der Waals surface area contributed by atoms with E-state index < -0.39 is 9.84 Å². The Hall–Kier alpha value is -2.01. The summed E-state index contributed by atoms with van der Waals surface area (Å²) in [7, 11) is -3.58. The normalized spacial score (nSPS) is 12.7. The lowest BCUT2D eigenvalue weighted by molar-refractivity contribution is 0.105. The van der Waals surface area contributed by atoms with Gasteiger partial charge in [0.25, 0.3) is 0 Å². The second kappa shape index (κ2) is 7.93. The lowest BCUT2D eigenvalue weighted by atomic mass is 10.1. The Kier molecular flexibility index (Phi) is 6.25. The molecule has 2 aromatic carbocycles. The summed E-state index contributed by atoms with van der Waals surface area (Å²) < 4.78 is 37.5. The van der Waals surface area contributed by atoms with Crippen molar-refractivity contribution in [3.63, 3.8) is 0 Å². The Morgan fingerprint density at radius 1 is 0.667 bits per heavy atom. The van der Waals surface area contributed by atoms with Crippen LogP contribution in [0.2, 0.25) is 0 Å². The smallest absolute Gasteiger partial charge is 0.206 e. The number of benzene rings is 2. The molecule has 0 heterocycles. The summed E-state index contributed by atoms with van der Waals surface area (Å²) in [5.41, 5.74) is -0.578. The summed E-state index contributed by atoms with van der Waals surface area (Å²) >= 11 is 0. The van der Waals surface area contributed by atoms with Crippen LogP contribution in [0.25, 0.3) is 0 Å². The maximum Gasteiger partial charge on any atom is 0.206 e. The van der Waals surface area contributed by atoms with Crippen molar-refractivity contribution >= 4 is 9.84 Å². The summed E-state index contributed by atoms with van der Waals surface area (Å²) in [5, 5.41) is 0. The predicted molar refractivity (Wildman–Crippen MR) is 108 cm³/mol. The third-order valence-corrected chi connectivity index (χ3v) is 6.54. The van der Waals surface area contributed by atoms with Gasteiger partial charge in [-0.1, -0.05) is 13.8 Å². The fraction of sp³-hybridized carbons (Fsp3) is 0.455. The van der Waals surface area contributed by atoms with E-state index in [9.17, 15) is 8.42 Å². The zero-order valence-electron chi connectivity index (χ0n) is 17.1. The Balaban J connectivity index is 2.20. The van der Waals surface area contributed by atoms with Crippen molar-refractivity contribution in [2.45, 2.75) is 75.4 Å². The highest BCUT2D eigenvalue weighted by Gasteiger charge is 2.21. The van der Waals surface area contributed by atoms with Crippen LogP contribution in [0.15, 0.2) is 58.3 Å². The Bertz CT molecular complexity index is 781. The van der Waals surface area contributed by atoms with Gasteiger partial charge >= 0.3 is 0 Å². The molecule has 0 saturated heterocycles. The highest BCUT2D eigenvalue weighted by Crippen LogP contribution is 2.28. The molecule has 2 rings (SSSR count). The molecule has 5 heteroatoms. The lowest BCUT2D eigenvalue weighted by Gasteiger charge is -2.25. The summed E-state index contributed by atoms with van der Waals surface area (Å²) in [6.07, 6.45) is 1.71. The largest absolute Gasteiger partial charge is 0.488 e. The van der Waals surface area contributed by atoms with E-state index in [0.717, 1.165) is 12.8 Å². The molecule has 0 atom stereocenters. The van der Waals surface area contributed by atoms with Gasteiger partial charge in [0.05, 0.1) is 9.79 Å². The maximum absolute atomic E-state index is 12.9. The van der Waals surface area contributed by atoms with Crippen molar-refractivity contribution in [1.29, 1.82) is 0 Å². The van der Waals surface area contributed by atoms with E-state index in [-0.39, 0.29) is 21.0 Å². The first-order chi connectivity index (χ1) is 12.5. The van der Waals surface area contributed by atoms with Crippen LogP contribution < -0.4 is 9.47 Å². The number of hydrogen-bond acceptors (Lipinski definition) is 4. The van der Waals surface area contributed by atoms with Crippen LogP contribution in [-0.2, 0) is 9.84 Å². The molecule has 0 aliphatic heterocycles. The van der Waals surface area contributed by atoms with Gasteiger partial charge in [0, 0.05) is 0 Å². The topological polar surface area (TPSA) is 52.6 Å². The zero-order valence-corrected chi connectivity index (χ0v) is 17.9. The number of hydrogen-bond donors (Lipinski definition) is 0. The highest BCUT2D eigenvalue weighted by molar-refractivity contribution is 7.91. The SMILES string of the molecule is CCC(C)(C)Oc1ccc(S(=O)(=O)c2ccc(OC(C)(C)CC)cc2)cc1. The van der Waals surface area contributed by atoms with Gasteiger partial charge in [-0.15, -0.1) is 0 Å². The molecule has 0 aromatic heterocycles. The predicted octanol–water partition coefficient (Wildman–Crippen LogP) is 5.65. The van der Waals surface area contributed by atoms with Crippen molar-refractivity contribution in [2.75, 3.05) is 0 Å². The van der Waals surface area contributed by atoms with Crippen molar-refractivity contribution < 1.29 is 17.9 Å². The van der Waals surface area contributed by atoms with E-state index in [1.807, 2.05) is 41.5 Å². The maximum atomic E-state index is 12.9. The monoisotopic (exact) mass is 390 g/mol. The third-order valence-electron chi connectivity index (χ3n) is 4.76. The van der Waals surface area contributed by atoms with Crippen LogP contribution in [0.5, 0.6) is 11.5 Å². The zero-order chi connectivity index (χ0) is 20.3. The minimum absolute atomic E-state index is 0.242. The Labute approximate surface area is 163 Å². The van der Waals surface area contributed by atoms with E-state index >= 15 is 0 Å². The molecule has 0 spiro atoms. The van der Waals surface area contributed by atoms with Crippen molar-refractivity contribution in [2.24, 2.45) is 0 Å². The van der Waals surface area contributed by atoms with Gasteiger partial charge in [0.15, 0.2) is 0 Å². The van der Waals surface area contributed by atoms with E-state index in [0.29, 0.717) is 11.5 Å². The van der Waals surface area contributed by atoms with Gasteiger partial charge in [-0.05, 0) is 89.1 Å². The molecule has 0 radical (unpaired) electrons. The summed E-state index contributed by atoms with van der Waals surface area (Å²) in [6.45, 7) is 12.1. The average molecular weight is 391 g/mol. The van der Waals surface area contributed by atoms with Crippen LogP contribution >= 0.6 is 0 Å². The van der Waals surface area contributed by atoms with Gasteiger partial charge in [-0.2, -0.15) is 0 Å². The summed E-state index contributed by atoms with van der Waals surface area (Å²) in [6, 6.07) is 13.1. The molecule has 0 bridgehead atoms. The lowest BCUT2D eigenvalue weighted by Crippen LogP contribution is -2.26. The van der Waals surface area contributed by atoms with Crippen LogP contribution in [0, 0.1) is 0 Å². The van der Waals surface area contributed by atoms with Crippen LogP contribution in [-0.4, -0.2) is 19.6 Å². The minimum atomic E-state index is -3.58. The quantitative estimate of drug-likeness (QED) is 0.584. The summed E-state index contributed by atoms with van der Waals surface area (Å²) in [4.78, 5) is 0.485.